The topological polar surface area (TPSA) is 82.9 Å². The fraction of sp³-hybridized carbons (Fsp3) is 0.778. The van der Waals surface area contributed by atoms with Crippen molar-refractivity contribution in [3.05, 3.63) is 5.53 Å². The van der Waals surface area contributed by atoms with Crippen LogP contribution in [0.25, 0.3) is 5.53 Å². The Morgan fingerprint density at radius 3 is 2.36 bits per heavy atom. The van der Waals surface area contributed by atoms with Crippen LogP contribution in [0.1, 0.15) is 27.7 Å². The number of rotatable bonds is 3. The molecule has 0 aromatic rings. The number of aliphatic hydroxyl groups is 1. The van der Waals surface area contributed by atoms with Gasteiger partial charge >= 0.3 is 11.7 Å². The molecule has 14 heavy (non-hydrogen) atoms. The highest BCUT2D eigenvalue weighted by atomic mass is 16.5. The molecule has 0 aliphatic carbocycles. The first kappa shape index (κ1) is 12.8. The van der Waals surface area contributed by atoms with Gasteiger partial charge in [0, 0.05) is 0 Å². The number of hydrogen-bond acceptors (Lipinski definition) is 3. The van der Waals surface area contributed by atoms with Crippen molar-refractivity contribution in [2.45, 2.75) is 33.8 Å². The summed E-state index contributed by atoms with van der Waals surface area (Å²) >= 11 is 0. The smallest absolute Gasteiger partial charge is 0.419 e. The minimum absolute atomic E-state index is 0.175. The molecule has 0 aromatic carbocycles. The van der Waals surface area contributed by atoms with Crippen molar-refractivity contribution in [2.75, 3.05) is 6.61 Å². The first-order chi connectivity index (χ1) is 6.34. The normalized spacial score (nSPS) is 12.9. The molecular weight excluding hydrogens is 184 g/mol. The van der Waals surface area contributed by atoms with Crippen molar-refractivity contribution in [3.63, 3.8) is 0 Å². The Balaban J connectivity index is 4.77. The molecule has 0 fully saturated rings. The molecule has 0 aromatic heterocycles. The molecule has 0 saturated carbocycles. The Morgan fingerprint density at radius 2 is 2.07 bits per heavy atom. The van der Waals surface area contributed by atoms with E-state index >= 15 is 0 Å². The van der Waals surface area contributed by atoms with Crippen LogP contribution in [-0.4, -0.2) is 34.3 Å². The van der Waals surface area contributed by atoms with E-state index in [4.69, 9.17) is 5.53 Å². The van der Waals surface area contributed by atoms with Crippen LogP contribution in [0.5, 0.6) is 0 Å². The van der Waals surface area contributed by atoms with Crippen LogP contribution >= 0.6 is 0 Å². The van der Waals surface area contributed by atoms with Crippen molar-refractivity contribution >= 4 is 11.7 Å². The lowest BCUT2D eigenvalue weighted by Crippen LogP contribution is -2.40. The summed E-state index contributed by atoms with van der Waals surface area (Å²) in [4.78, 5) is 14.0. The first-order valence-corrected chi connectivity index (χ1v) is 4.41. The fourth-order valence-electron chi connectivity index (χ4n) is 0.822. The number of carbonyl (C=O) groups is 1. The third kappa shape index (κ3) is 3.28. The largest absolute Gasteiger partial charge is 0.457 e. The van der Waals surface area contributed by atoms with Crippen LogP contribution in [0.15, 0.2) is 0 Å². The van der Waals surface area contributed by atoms with Gasteiger partial charge in [0.1, 0.15) is 0 Å². The molecule has 0 saturated heterocycles. The lowest BCUT2D eigenvalue weighted by Gasteiger charge is -2.21. The molecule has 0 aliphatic rings. The molecule has 0 spiro atoms. The second-order valence-corrected chi connectivity index (χ2v) is 3.97. The number of esters is 1. The van der Waals surface area contributed by atoms with Gasteiger partial charge in [-0.3, -0.25) is 0 Å². The van der Waals surface area contributed by atoms with Crippen molar-refractivity contribution in [3.8, 4) is 0 Å². The van der Waals surface area contributed by atoms with Gasteiger partial charge in [-0.1, -0.05) is 20.8 Å². The van der Waals surface area contributed by atoms with Gasteiger partial charge in [0.15, 0.2) is 6.10 Å². The van der Waals surface area contributed by atoms with Crippen molar-refractivity contribution in [1.29, 1.82) is 0 Å². The van der Waals surface area contributed by atoms with E-state index in [2.05, 4.69) is 9.53 Å². The SMILES string of the molecule is CCOC(=O)C(=[N+]=[N-])C(O)C(C)(C)C. The van der Waals surface area contributed by atoms with E-state index in [0.717, 1.165) is 0 Å². The van der Waals surface area contributed by atoms with E-state index in [0.29, 0.717) is 0 Å². The average Bonchev–Trinajstić information content (AvgIpc) is 2.04. The standard InChI is InChI=1S/C9H16N2O3/c1-5-14-8(13)6(11-10)7(12)9(2,3)4/h7,12H,5H2,1-4H3. The van der Waals surface area contributed by atoms with Gasteiger partial charge < -0.3 is 15.4 Å². The Morgan fingerprint density at radius 1 is 1.57 bits per heavy atom. The number of ether oxygens (including phenoxy) is 1. The summed E-state index contributed by atoms with van der Waals surface area (Å²) in [6.45, 7) is 6.98. The molecule has 1 unspecified atom stereocenters. The van der Waals surface area contributed by atoms with Gasteiger partial charge in [-0.25, -0.2) is 4.79 Å². The number of hydrogen-bond donors (Lipinski definition) is 1. The monoisotopic (exact) mass is 200 g/mol. The van der Waals surface area contributed by atoms with Crippen molar-refractivity contribution in [2.24, 2.45) is 5.41 Å². The highest BCUT2D eigenvalue weighted by Gasteiger charge is 2.39. The minimum Gasteiger partial charge on any atom is -0.457 e. The zero-order valence-corrected chi connectivity index (χ0v) is 8.94. The molecule has 5 heteroatoms. The van der Waals surface area contributed by atoms with Crippen molar-refractivity contribution in [1.82, 2.24) is 0 Å². The van der Waals surface area contributed by atoms with E-state index in [9.17, 15) is 9.90 Å². The second kappa shape index (κ2) is 4.88. The molecule has 0 aliphatic heterocycles. The zero-order valence-electron chi connectivity index (χ0n) is 8.94. The molecule has 5 nitrogen and oxygen atoms in total. The van der Waals surface area contributed by atoms with Crippen LogP contribution in [0.3, 0.4) is 0 Å². The molecule has 0 radical (unpaired) electrons. The Bertz CT molecular complexity index is 262. The van der Waals surface area contributed by atoms with Gasteiger partial charge in [0.05, 0.1) is 6.61 Å². The average molecular weight is 200 g/mol. The van der Waals surface area contributed by atoms with E-state index in [1.807, 2.05) is 0 Å². The third-order valence-corrected chi connectivity index (χ3v) is 1.67. The molecule has 0 rings (SSSR count). The molecule has 0 amide bonds. The molecule has 0 heterocycles. The zero-order chi connectivity index (χ0) is 11.4. The molecule has 1 atom stereocenters. The molecular formula is C9H16N2O3. The van der Waals surface area contributed by atoms with Gasteiger partial charge in [-0.05, 0) is 12.3 Å². The van der Waals surface area contributed by atoms with E-state index in [1.165, 1.54) is 0 Å². The van der Waals surface area contributed by atoms with Gasteiger partial charge in [0.2, 0.25) is 0 Å². The second-order valence-electron chi connectivity index (χ2n) is 3.97. The van der Waals surface area contributed by atoms with E-state index < -0.39 is 17.5 Å². The van der Waals surface area contributed by atoms with Crippen LogP contribution in [-0.2, 0) is 9.53 Å². The summed E-state index contributed by atoms with van der Waals surface area (Å²) in [5.74, 6) is -0.794. The maximum Gasteiger partial charge on any atom is 0.419 e. The predicted molar refractivity (Wildman–Crippen MR) is 50.7 cm³/mol. The maximum atomic E-state index is 11.2. The van der Waals surface area contributed by atoms with Crippen molar-refractivity contribution < 1.29 is 19.4 Å². The minimum atomic E-state index is -1.15. The van der Waals surface area contributed by atoms with Gasteiger partial charge in [-0.2, -0.15) is 4.79 Å². The highest BCUT2D eigenvalue weighted by molar-refractivity contribution is 6.35. The fourth-order valence-corrected chi connectivity index (χ4v) is 0.822. The third-order valence-electron chi connectivity index (χ3n) is 1.67. The predicted octanol–water partition coefficient (Wildman–Crippen LogP) is 0.627. The van der Waals surface area contributed by atoms with Crippen LogP contribution < -0.4 is 0 Å². The molecule has 0 bridgehead atoms. The quantitative estimate of drug-likeness (QED) is 0.314. The highest BCUT2D eigenvalue weighted by Crippen LogP contribution is 2.19. The summed E-state index contributed by atoms with van der Waals surface area (Å²) in [6.07, 6.45) is -1.15. The molecule has 1 N–H and O–H groups in total. The van der Waals surface area contributed by atoms with Gasteiger partial charge in [0.25, 0.3) is 0 Å². The Hall–Kier alpha value is -1.19. The van der Waals surface area contributed by atoms with Crippen LogP contribution in [0.4, 0.5) is 0 Å². The maximum absolute atomic E-state index is 11.2. The number of carbonyl (C=O) groups excluding carboxylic acids is 1. The van der Waals surface area contributed by atoms with Gasteiger partial charge in [-0.15, -0.1) is 0 Å². The summed E-state index contributed by atoms with van der Waals surface area (Å²) in [5, 5.41) is 9.65. The Kier molecular flexibility index (Phi) is 4.47. The lowest BCUT2D eigenvalue weighted by molar-refractivity contribution is -0.142. The lowest BCUT2D eigenvalue weighted by atomic mass is 9.86. The summed E-state index contributed by atoms with van der Waals surface area (Å²) in [6, 6.07) is 0. The van der Waals surface area contributed by atoms with E-state index in [-0.39, 0.29) is 12.3 Å². The summed E-state index contributed by atoms with van der Waals surface area (Å²) in [7, 11) is 0. The summed E-state index contributed by atoms with van der Waals surface area (Å²) < 4.78 is 4.62. The number of aliphatic hydroxyl groups excluding tert-OH is 1. The number of nitrogens with zero attached hydrogens (tertiary/aromatic N) is 2. The van der Waals surface area contributed by atoms with Crippen LogP contribution in [0, 0.1) is 5.41 Å². The van der Waals surface area contributed by atoms with Crippen LogP contribution in [0.2, 0.25) is 0 Å². The summed E-state index contributed by atoms with van der Waals surface area (Å²) in [5.41, 5.74) is 7.65. The molecule has 80 valence electrons. The first-order valence-electron chi connectivity index (χ1n) is 4.41. The Labute approximate surface area is 83.3 Å². The van der Waals surface area contributed by atoms with E-state index in [1.54, 1.807) is 27.7 Å².